The smallest absolute Gasteiger partial charge is 0.338 e. The predicted molar refractivity (Wildman–Crippen MR) is 121 cm³/mol. The molecule has 7 nitrogen and oxygen atoms in total. The van der Waals surface area contributed by atoms with E-state index in [2.05, 4.69) is 0 Å². The van der Waals surface area contributed by atoms with Crippen LogP contribution in [0.1, 0.15) is 43.6 Å². The van der Waals surface area contributed by atoms with E-state index in [1.54, 1.807) is 36.1 Å². The third kappa shape index (κ3) is 3.47. The van der Waals surface area contributed by atoms with Crippen LogP contribution in [0.5, 0.6) is 0 Å². The highest BCUT2D eigenvalue weighted by molar-refractivity contribution is 6.34. The molecule has 1 unspecified atom stereocenters. The molecular weight excluding hydrogens is 420 g/mol. The Morgan fingerprint density at radius 3 is 2.12 bits per heavy atom. The number of fused-ring (bicyclic) bond motifs is 2. The van der Waals surface area contributed by atoms with Crippen molar-refractivity contribution in [3.63, 3.8) is 0 Å². The molecule has 3 amide bonds. The maximum absolute atomic E-state index is 12.9. The van der Waals surface area contributed by atoms with Crippen LogP contribution in [0.4, 0.5) is 11.4 Å². The highest BCUT2D eigenvalue weighted by atomic mass is 16.5. The quantitative estimate of drug-likeness (QED) is 0.457. The molecule has 0 aromatic heterocycles. The number of carbonyl (C=O) groups excluding carboxylic acids is 4. The average molecular weight is 440 g/mol. The van der Waals surface area contributed by atoms with Gasteiger partial charge >= 0.3 is 5.97 Å². The van der Waals surface area contributed by atoms with E-state index in [1.807, 2.05) is 24.3 Å². The standard InChI is InChI=1S/C26H20N2O5/c1-16(23(29)27-15-14-17-6-2-5-9-22(17)27)33-26(32)18-10-12-19(13-11-18)28-24(30)20-7-3-4-8-21(20)25(28)31/h2-13,16H,14-15H2,1H3. The minimum absolute atomic E-state index is 0.219. The molecule has 7 heteroatoms. The molecule has 2 aliphatic heterocycles. The van der Waals surface area contributed by atoms with Crippen molar-refractivity contribution in [1.29, 1.82) is 0 Å². The number of ether oxygens (including phenoxy) is 1. The van der Waals surface area contributed by atoms with Crippen LogP contribution in [0.3, 0.4) is 0 Å². The number of nitrogens with zero attached hydrogens (tertiary/aromatic N) is 2. The molecule has 0 N–H and O–H groups in total. The van der Waals surface area contributed by atoms with Crippen molar-refractivity contribution in [2.45, 2.75) is 19.4 Å². The molecular formula is C26H20N2O5. The summed E-state index contributed by atoms with van der Waals surface area (Å²) in [6.45, 7) is 2.10. The molecule has 0 aliphatic carbocycles. The first-order chi connectivity index (χ1) is 16.0. The van der Waals surface area contributed by atoms with Crippen molar-refractivity contribution in [2.75, 3.05) is 16.3 Å². The van der Waals surface area contributed by atoms with Crippen molar-refractivity contribution in [3.8, 4) is 0 Å². The number of hydrogen-bond donors (Lipinski definition) is 0. The third-order valence-electron chi connectivity index (χ3n) is 5.94. The van der Waals surface area contributed by atoms with Crippen LogP contribution in [0, 0.1) is 0 Å². The number of imide groups is 1. The molecule has 1 atom stereocenters. The Labute approximate surface area is 190 Å². The van der Waals surface area contributed by atoms with Gasteiger partial charge in [0.25, 0.3) is 17.7 Å². The lowest BCUT2D eigenvalue weighted by Crippen LogP contribution is -2.39. The molecule has 0 saturated carbocycles. The molecule has 0 saturated heterocycles. The topological polar surface area (TPSA) is 84.0 Å². The van der Waals surface area contributed by atoms with Crippen molar-refractivity contribution in [2.24, 2.45) is 0 Å². The summed E-state index contributed by atoms with van der Waals surface area (Å²) in [5.74, 6) is -1.75. The largest absolute Gasteiger partial charge is 0.449 e. The summed E-state index contributed by atoms with van der Waals surface area (Å²) in [7, 11) is 0. The van der Waals surface area contributed by atoms with E-state index < -0.39 is 23.9 Å². The molecule has 0 spiro atoms. The summed E-state index contributed by atoms with van der Waals surface area (Å²) in [6, 6.07) is 20.3. The molecule has 5 rings (SSSR count). The summed E-state index contributed by atoms with van der Waals surface area (Å²) in [6.07, 6.45) is -0.193. The summed E-state index contributed by atoms with van der Waals surface area (Å²) < 4.78 is 5.41. The van der Waals surface area contributed by atoms with E-state index in [4.69, 9.17) is 4.74 Å². The molecule has 0 fully saturated rings. The molecule has 2 aliphatic rings. The Bertz CT molecular complexity index is 1260. The Kier molecular flexibility index (Phi) is 5.01. The minimum atomic E-state index is -0.959. The van der Waals surface area contributed by atoms with Crippen LogP contribution in [0.25, 0.3) is 0 Å². The van der Waals surface area contributed by atoms with Gasteiger partial charge in [0.2, 0.25) is 0 Å². The lowest BCUT2D eigenvalue weighted by atomic mass is 10.1. The maximum atomic E-state index is 12.9. The van der Waals surface area contributed by atoms with Gasteiger partial charge in [0.05, 0.1) is 22.4 Å². The van der Waals surface area contributed by atoms with Gasteiger partial charge in [-0.1, -0.05) is 30.3 Å². The summed E-state index contributed by atoms with van der Waals surface area (Å²) >= 11 is 0. The number of hydrogen-bond acceptors (Lipinski definition) is 5. The van der Waals surface area contributed by atoms with Crippen LogP contribution >= 0.6 is 0 Å². The number of rotatable bonds is 4. The second-order valence-electron chi connectivity index (χ2n) is 7.95. The summed E-state index contributed by atoms with van der Waals surface area (Å²) in [5.41, 5.74) is 3.21. The normalized spacial score (nSPS) is 15.3. The van der Waals surface area contributed by atoms with E-state index in [0.717, 1.165) is 22.6 Å². The van der Waals surface area contributed by atoms with Gasteiger partial charge in [0.15, 0.2) is 6.10 Å². The predicted octanol–water partition coefficient (Wildman–Crippen LogP) is 3.62. The Hall–Kier alpha value is -4.26. The summed E-state index contributed by atoms with van der Waals surface area (Å²) in [5, 5.41) is 0. The van der Waals surface area contributed by atoms with Crippen molar-refractivity contribution in [3.05, 3.63) is 95.1 Å². The molecule has 0 radical (unpaired) electrons. The highest BCUT2D eigenvalue weighted by Crippen LogP contribution is 2.30. The lowest BCUT2D eigenvalue weighted by molar-refractivity contribution is -0.126. The number of amides is 3. The minimum Gasteiger partial charge on any atom is -0.449 e. The fraction of sp³-hybridized carbons (Fsp3) is 0.154. The van der Waals surface area contributed by atoms with E-state index >= 15 is 0 Å². The summed E-state index contributed by atoms with van der Waals surface area (Å²) in [4.78, 5) is 53.5. The fourth-order valence-corrected chi connectivity index (χ4v) is 4.24. The monoisotopic (exact) mass is 440 g/mol. The maximum Gasteiger partial charge on any atom is 0.338 e. The number of para-hydroxylation sites is 1. The number of benzene rings is 3. The second kappa shape index (κ2) is 8.02. The van der Waals surface area contributed by atoms with Crippen LogP contribution in [0.15, 0.2) is 72.8 Å². The van der Waals surface area contributed by atoms with Crippen LogP contribution < -0.4 is 9.80 Å². The van der Waals surface area contributed by atoms with Crippen LogP contribution in [0.2, 0.25) is 0 Å². The Morgan fingerprint density at radius 2 is 1.45 bits per heavy atom. The molecule has 3 aromatic carbocycles. The first-order valence-corrected chi connectivity index (χ1v) is 10.6. The van der Waals surface area contributed by atoms with Crippen molar-refractivity contribution < 1.29 is 23.9 Å². The van der Waals surface area contributed by atoms with Gasteiger partial charge < -0.3 is 9.64 Å². The molecule has 2 heterocycles. The number of esters is 1. The number of carbonyl (C=O) groups is 4. The first kappa shape index (κ1) is 20.6. The van der Waals surface area contributed by atoms with Crippen LogP contribution in [-0.2, 0) is 16.0 Å². The highest BCUT2D eigenvalue weighted by Gasteiger charge is 2.36. The zero-order chi connectivity index (χ0) is 23.1. The second-order valence-corrected chi connectivity index (χ2v) is 7.95. The molecule has 0 bridgehead atoms. The van der Waals surface area contributed by atoms with E-state index in [0.29, 0.717) is 23.4 Å². The van der Waals surface area contributed by atoms with Crippen molar-refractivity contribution in [1.82, 2.24) is 0 Å². The Balaban J connectivity index is 1.27. The fourth-order valence-electron chi connectivity index (χ4n) is 4.24. The zero-order valence-electron chi connectivity index (χ0n) is 17.9. The average Bonchev–Trinajstić information content (AvgIpc) is 3.38. The zero-order valence-corrected chi connectivity index (χ0v) is 17.9. The van der Waals surface area contributed by atoms with E-state index in [9.17, 15) is 19.2 Å². The molecule has 3 aromatic rings. The van der Waals surface area contributed by atoms with E-state index in [1.165, 1.54) is 24.3 Å². The van der Waals surface area contributed by atoms with Gasteiger partial charge in [-0.25, -0.2) is 9.69 Å². The third-order valence-corrected chi connectivity index (χ3v) is 5.94. The van der Waals surface area contributed by atoms with Gasteiger partial charge in [-0.05, 0) is 61.4 Å². The van der Waals surface area contributed by atoms with Crippen LogP contribution in [-0.4, -0.2) is 36.3 Å². The lowest BCUT2D eigenvalue weighted by Gasteiger charge is -2.21. The molecule has 33 heavy (non-hydrogen) atoms. The van der Waals surface area contributed by atoms with Gasteiger partial charge in [-0.2, -0.15) is 0 Å². The van der Waals surface area contributed by atoms with Crippen molar-refractivity contribution >= 4 is 35.1 Å². The van der Waals surface area contributed by atoms with Gasteiger partial charge in [0, 0.05) is 12.2 Å². The SMILES string of the molecule is CC(OC(=O)c1ccc(N2C(=O)c3ccccc3C2=O)cc1)C(=O)N1CCc2ccccc21. The first-order valence-electron chi connectivity index (χ1n) is 10.6. The van der Waals surface area contributed by atoms with Gasteiger partial charge in [-0.15, -0.1) is 0 Å². The number of anilines is 2. The van der Waals surface area contributed by atoms with Gasteiger partial charge in [-0.3, -0.25) is 14.4 Å². The van der Waals surface area contributed by atoms with Gasteiger partial charge in [0.1, 0.15) is 0 Å². The Morgan fingerprint density at radius 1 is 0.848 bits per heavy atom. The van der Waals surface area contributed by atoms with E-state index in [-0.39, 0.29) is 11.5 Å². The molecule has 164 valence electrons.